The Kier molecular flexibility index (Phi) is 2.14. The van der Waals surface area contributed by atoms with Crippen molar-refractivity contribution in [2.45, 2.75) is 19.4 Å². The summed E-state index contributed by atoms with van der Waals surface area (Å²) in [5.74, 6) is 0. The summed E-state index contributed by atoms with van der Waals surface area (Å²) in [6.45, 7) is 4.77. The van der Waals surface area contributed by atoms with Gasteiger partial charge in [0.15, 0.2) is 0 Å². The fourth-order valence-electron chi connectivity index (χ4n) is 1.02. The summed E-state index contributed by atoms with van der Waals surface area (Å²) in [6, 6.07) is 0. The minimum absolute atomic E-state index is 0.0262. The molecule has 0 radical (unpaired) electrons. The molecule has 66 valence electrons. The maximum absolute atomic E-state index is 11.6. The van der Waals surface area contributed by atoms with Gasteiger partial charge in [-0.3, -0.25) is 9.05 Å². The van der Waals surface area contributed by atoms with Crippen LogP contribution in [0.5, 0.6) is 0 Å². The Bertz CT molecular complexity index is 196. The highest BCUT2D eigenvalue weighted by Crippen LogP contribution is 2.61. The smallest absolute Gasteiger partial charge is 0.300 e. The standard InChI is InChI=1S/C6H14NO3P/c1-6(2)5-7(6)11(8,9-3)10-4/h5H2,1-4H3. The van der Waals surface area contributed by atoms with E-state index in [1.807, 2.05) is 13.8 Å². The van der Waals surface area contributed by atoms with E-state index in [1.165, 1.54) is 14.2 Å². The molecule has 0 bridgehead atoms. The molecule has 5 heteroatoms. The molecule has 0 amide bonds. The lowest BCUT2D eigenvalue weighted by Crippen LogP contribution is -2.08. The molecule has 0 spiro atoms. The van der Waals surface area contributed by atoms with Gasteiger partial charge in [0.25, 0.3) is 0 Å². The van der Waals surface area contributed by atoms with E-state index in [-0.39, 0.29) is 5.54 Å². The average Bonchev–Trinajstić information content (AvgIpc) is 2.59. The maximum atomic E-state index is 11.6. The van der Waals surface area contributed by atoms with Crippen LogP contribution in [0.3, 0.4) is 0 Å². The highest BCUT2D eigenvalue weighted by atomic mass is 31.2. The molecule has 1 atom stereocenters. The van der Waals surface area contributed by atoms with Crippen LogP contribution < -0.4 is 0 Å². The van der Waals surface area contributed by atoms with E-state index in [1.54, 1.807) is 4.67 Å². The largest absolute Gasteiger partial charge is 0.408 e. The van der Waals surface area contributed by atoms with E-state index in [0.29, 0.717) is 0 Å². The van der Waals surface area contributed by atoms with Gasteiger partial charge < -0.3 is 0 Å². The summed E-state index contributed by atoms with van der Waals surface area (Å²) in [5.41, 5.74) is -0.0262. The van der Waals surface area contributed by atoms with Gasteiger partial charge in [-0.25, -0.2) is 9.24 Å². The van der Waals surface area contributed by atoms with Crippen molar-refractivity contribution in [1.29, 1.82) is 0 Å². The fraction of sp³-hybridized carbons (Fsp3) is 1.00. The second-order valence-electron chi connectivity index (χ2n) is 3.20. The molecule has 4 nitrogen and oxygen atoms in total. The molecular formula is C6H14NO3P. The summed E-state index contributed by atoms with van der Waals surface area (Å²) >= 11 is 0. The lowest BCUT2D eigenvalue weighted by molar-refractivity contribution is 0.240. The van der Waals surface area contributed by atoms with Crippen LogP contribution in [0.2, 0.25) is 0 Å². The minimum atomic E-state index is -2.93. The van der Waals surface area contributed by atoms with Crippen molar-refractivity contribution in [3.05, 3.63) is 0 Å². The van der Waals surface area contributed by atoms with Crippen LogP contribution >= 0.6 is 7.75 Å². The van der Waals surface area contributed by atoms with Crippen LogP contribution in [-0.4, -0.2) is 31.0 Å². The van der Waals surface area contributed by atoms with E-state index in [0.717, 1.165) is 6.54 Å². The van der Waals surface area contributed by atoms with Crippen LogP contribution in [0.15, 0.2) is 0 Å². The average molecular weight is 179 g/mol. The third kappa shape index (κ3) is 1.49. The Morgan fingerprint density at radius 3 is 1.82 bits per heavy atom. The summed E-state index contributed by atoms with van der Waals surface area (Å²) < 4.78 is 22.9. The first-order valence-corrected chi connectivity index (χ1v) is 4.95. The van der Waals surface area contributed by atoms with Crippen molar-refractivity contribution in [3.8, 4) is 0 Å². The van der Waals surface area contributed by atoms with Crippen LogP contribution in [0.4, 0.5) is 0 Å². The van der Waals surface area contributed by atoms with Gasteiger partial charge >= 0.3 is 7.75 Å². The normalized spacial score (nSPS) is 28.5. The maximum Gasteiger partial charge on any atom is 0.408 e. The number of nitrogens with zero attached hydrogens (tertiary/aromatic N) is 1. The summed E-state index contributed by atoms with van der Waals surface area (Å²) in [5, 5.41) is 0. The lowest BCUT2D eigenvalue weighted by atomic mass is 10.3. The fourth-order valence-corrected chi connectivity index (χ4v) is 2.75. The summed E-state index contributed by atoms with van der Waals surface area (Å²) in [4.78, 5) is 0. The van der Waals surface area contributed by atoms with Gasteiger partial charge in [-0.15, -0.1) is 0 Å². The van der Waals surface area contributed by atoms with Crippen LogP contribution in [0, 0.1) is 0 Å². The molecule has 1 fully saturated rings. The van der Waals surface area contributed by atoms with Gasteiger partial charge in [0.2, 0.25) is 0 Å². The van der Waals surface area contributed by atoms with Crippen molar-refractivity contribution in [2.75, 3.05) is 20.8 Å². The second kappa shape index (κ2) is 2.56. The first kappa shape index (κ1) is 9.20. The molecule has 1 aliphatic rings. The SMILES string of the molecule is COP(=O)(OC)N1CC1(C)C. The third-order valence-electron chi connectivity index (χ3n) is 1.89. The van der Waals surface area contributed by atoms with Crippen molar-refractivity contribution in [2.24, 2.45) is 0 Å². The van der Waals surface area contributed by atoms with E-state index in [2.05, 4.69) is 0 Å². The Morgan fingerprint density at radius 2 is 1.73 bits per heavy atom. The second-order valence-corrected chi connectivity index (χ2v) is 5.35. The third-order valence-corrected chi connectivity index (χ3v) is 4.09. The molecule has 1 aliphatic heterocycles. The van der Waals surface area contributed by atoms with E-state index in [9.17, 15) is 4.57 Å². The lowest BCUT2D eigenvalue weighted by Gasteiger charge is -2.16. The first-order chi connectivity index (χ1) is 4.96. The molecular weight excluding hydrogens is 165 g/mol. The molecule has 1 unspecified atom stereocenters. The molecule has 0 aliphatic carbocycles. The van der Waals surface area contributed by atoms with E-state index in [4.69, 9.17) is 9.05 Å². The number of rotatable bonds is 3. The summed E-state index contributed by atoms with van der Waals surface area (Å²) in [6.07, 6.45) is 0. The summed E-state index contributed by atoms with van der Waals surface area (Å²) in [7, 11) is -0.127. The Morgan fingerprint density at radius 1 is 1.36 bits per heavy atom. The van der Waals surface area contributed by atoms with Gasteiger partial charge in [-0.2, -0.15) is 0 Å². The Hall–Kier alpha value is 0.110. The van der Waals surface area contributed by atoms with Gasteiger partial charge in [0.05, 0.1) is 0 Å². The molecule has 0 aromatic rings. The quantitative estimate of drug-likeness (QED) is 0.486. The number of hydrogen-bond acceptors (Lipinski definition) is 3. The Balaban J connectivity index is 2.68. The van der Waals surface area contributed by atoms with Gasteiger partial charge in [0.1, 0.15) is 0 Å². The molecule has 0 aromatic carbocycles. The molecule has 0 saturated carbocycles. The molecule has 0 N–H and O–H groups in total. The van der Waals surface area contributed by atoms with E-state index < -0.39 is 7.75 Å². The van der Waals surface area contributed by atoms with Crippen molar-refractivity contribution in [1.82, 2.24) is 4.67 Å². The topological polar surface area (TPSA) is 38.5 Å². The molecule has 0 aromatic heterocycles. The molecule has 1 saturated heterocycles. The van der Waals surface area contributed by atoms with Crippen molar-refractivity contribution < 1.29 is 13.6 Å². The zero-order valence-electron chi connectivity index (χ0n) is 7.33. The zero-order valence-corrected chi connectivity index (χ0v) is 8.22. The molecule has 11 heavy (non-hydrogen) atoms. The highest BCUT2D eigenvalue weighted by Gasteiger charge is 2.55. The Labute approximate surface area is 67.1 Å². The van der Waals surface area contributed by atoms with Gasteiger partial charge in [0, 0.05) is 26.3 Å². The molecule has 1 rings (SSSR count). The minimum Gasteiger partial charge on any atom is -0.300 e. The van der Waals surface area contributed by atoms with Crippen LogP contribution in [0.25, 0.3) is 0 Å². The monoisotopic (exact) mass is 179 g/mol. The molecule has 1 heterocycles. The van der Waals surface area contributed by atoms with Crippen molar-refractivity contribution >= 4 is 7.75 Å². The predicted octanol–water partition coefficient (Wildman–Crippen LogP) is 1.48. The highest BCUT2D eigenvalue weighted by molar-refractivity contribution is 7.51. The van der Waals surface area contributed by atoms with Crippen molar-refractivity contribution in [3.63, 3.8) is 0 Å². The van der Waals surface area contributed by atoms with Crippen LogP contribution in [-0.2, 0) is 13.6 Å². The van der Waals surface area contributed by atoms with Crippen LogP contribution in [0.1, 0.15) is 13.8 Å². The first-order valence-electron chi connectivity index (χ1n) is 3.46. The van der Waals surface area contributed by atoms with Gasteiger partial charge in [-0.05, 0) is 13.8 Å². The zero-order chi connectivity index (χ0) is 8.70. The van der Waals surface area contributed by atoms with E-state index >= 15 is 0 Å². The van der Waals surface area contributed by atoms with Gasteiger partial charge in [-0.1, -0.05) is 0 Å². The predicted molar refractivity (Wildman–Crippen MR) is 42.4 cm³/mol. The number of hydrogen-bond donors (Lipinski definition) is 0.